The van der Waals surface area contributed by atoms with Crippen molar-refractivity contribution < 1.29 is 14.3 Å². The zero-order valence-corrected chi connectivity index (χ0v) is 14.8. The van der Waals surface area contributed by atoms with Crippen LogP contribution >= 0.6 is 12.2 Å². The summed E-state index contributed by atoms with van der Waals surface area (Å²) in [5, 5.41) is 3.32. The Kier molecular flexibility index (Phi) is 5.61. The first-order chi connectivity index (χ1) is 11.3. The molecule has 0 saturated carbocycles. The molecule has 2 amide bonds. The topological polar surface area (TPSA) is 82.7 Å². The number of benzene rings is 1. The summed E-state index contributed by atoms with van der Waals surface area (Å²) in [6.45, 7) is 6.04. The first-order valence-electron chi connectivity index (χ1n) is 7.65. The minimum Gasteiger partial charge on any atom is -0.491 e. The molecule has 24 heavy (non-hydrogen) atoms. The van der Waals surface area contributed by atoms with E-state index >= 15 is 0 Å². The summed E-state index contributed by atoms with van der Waals surface area (Å²) in [6, 6.07) is 7.15. The maximum atomic E-state index is 12.2. The van der Waals surface area contributed by atoms with Gasteiger partial charge in [0.15, 0.2) is 5.11 Å². The fourth-order valence-electron chi connectivity index (χ4n) is 2.17. The smallest absolute Gasteiger partial charge is 0.258 e. The maximum absolute atomic E-state index is 12.2. The Morgan fingerprint density at radius 1 is 1.29 bits per heavy atom. The van der Waals surface area contributed by atoms with Gasteiger partial charge in [0.05, 0.1) is 18.7 Å². The molecule has 3 N–H and O–H groups in total. The third-order valence-corrected chi connectivity index (χ3v) is 3.34. The van der Waals surface area contributed by atoms with E-state index < -0.39 is 0 Å². The fourth-order valence-corrected chi connectivity index (χ4v) is 2.53. The summed E-state index contributed by atoms with van der Waals surface area (Å²) >= 11 is 5.10. The van der Waals surface area contributed by atoms with Crippen LogP contribution in [-0.2, 0) is 9.59 Å². The Labute approximate surface area is 146 Å². The molecule has 2 rings (SSSR count). The van der Waals surface area contributed by atoms with Crippen molar-refractivity contribution in [2.75, 3.05) is 18.1 Å². The number of hydrogen-bond donors (Lipinski definition) is 3. The highest BCUT2D eigenvalue weighted by Crippen LogP contribution is 2.30. The van der Waals surface area contributed by atoms with Gasteiger partial charge in [-0.3, -0.25) is 25.3 Å². The number of rotatable bonds is 2. The largest absolute Gasteiger partial charge is 0.491 e. The first-order valence-corrected chi connectivity index (χ1v) is 8.06. The summed E-state index contributed by atoms with van der Waals surface area (Å²) < 4.78 is 5.54. The quantitative estimate of drug-likeness (QED) is 0.547. The Hall–Kier alpha value is -2.35. The molecule has 0 aliphatic carbocycles. The molecule has 0 unspecified atom stereocenters. The number of ether oxygens (including phenoxy) is 1. The number of thiocarbonyl (C=S) groups is 1. The van der Waals surface area contributed by atoms with E-state index in [-0.39, 0.29) is 30.3 Å². The van der Waals surface area contributed by atoms with E-state index in [2.05, 4.69) is 16.2 Å². The van der Waals surface area contributed by atoms with Gasteiger partial charge < -0.3 is 10.1 Å². The van der Waals surface area contributed by atoms with E-state index in [1.54, 1.807) is 18.2 Å². The van der Waals surface area contributed by atoms with Gasteiger partial charge in [0, 0.05) is 5.54 Å². The number of anilines is 1. The lowest BCUT2D eigenvalue weighted by Crippen LogP contribution is -2.54. The van der Waals surface area contributed by atoms with Crippen LogP contribution in [0.1, 0.15) is 27.2 Å². The van der Waals surface area contributed by atoms with E-state index in [4.69, 9.17) is 17.0 Å². The molecule has 1 heterocycles. The van der Waals surface area contributed by atoms with Crippen molar-refractivity contribution in [2.45, 2.75) is 32.7 Å². The van der Waals surface area contributed by atoms with Gasteiger partial charge in [0.2, 0.25) is 5.91 Å². The van der Waals surface area contributed by atoms with Gasteiger partial charge in [-0.05, 0) is 45.1 Å². The predicted molar refractivity (Wildman–Crippen MR) is 95.7 cm³/mol. The van der Waals surface area contributed by atoms with Gasteiger partial charge in [-0.2, -0.15) is 0 Å². The van der Waals surface area contributed by atoms with Crippen LogP contribution in [0.25, 0.3) is 0 Å². The van der Waals surface area contributed by atoms with E-state index in [9.17, 15) is 9.59 Å². The molecule has 8 heteroatoms. The SMILES string of the molecule is CC(C)(C)NC(=S)NNC(=O)CN1C(=O)CCOc2ccccc21. The van der Waals surface area contributed by atoms with Crippen molar-refractivity contribution in [3.63, 3.8) is 0 Å². The number of carbonyl (C=O) groups is 2. The van der Waals surface area contributed by atoms with Crippen molar-refractivity contribution in [1.29, 1.82) is 0 Å². The molecule has 0 saturated heterocycles. The van der Waals surface area contributed by atoms with Crippen molar-refractivity contribution in [3.8, 4) is 5.75 Å². The van der Waals surface area contributed by atoms with Crippen molar-refractivity contribution in [1.82, 2.24) is 16.2 Å². The summed E-state index contributed by atoms with van der Waals surface area (Å²) in [4.78, 5) is 25.8. The molecular weight excluding hydrogens is 328 g/mol. The molecule has 0 radical (unpaired) electrons. The van der Waals surface area contributed by atoms with Crippen LogP contribution in [0.2, 0.25) is 0 Å². The number of para-hydroxylation sites is 2. The van der Waals surface area contributed by atoms with Crippen LogP contribution in [0.15, 0.2) is 24.3 Å². The third kappa shape index (κ3) is 5.09. The summed E-state index contributed by atoms with van der Waals surface area (Å²) in [5.41, 5.74) is 5.50. The third-order valence-electron chi connectivity index (χ3n) is 3.14. The molecule has 130 valence electrons. The molecule has 0 atom stereocenters. The number of carbonyl (C=O) groups excluding carboxylic acids is 2. The number of nitrogens with zero attached hydrogens (tertiary/aromatic N) is 1. The van der Waals surface area contributed by atoms with Crippen LogP contribution in [0.4, 0.5) is 5.69 Å². The maximum Gasteiger partial charge on any atom is 0.258 e. The average molecular weight is 350 g/mol. The minimum absolute atomic E-state index is 0.121. The van der Waals surface area contributed by atoms with Gasteiger partial charge >= 0.3 is 0 Å². The first kappa shape index (κ1) is 18.0. The Morgan fingerprint density at radius 2 is 2.00 bits per heavy atom. The monoisotopic (exact) mass is 350 g/mol. The van der Waals surface area contributed by atoms with Crippen molar-refractivity contribution in [3.05, 3.63) is 24.3 Å². The van der Waals surface area contributed by atoms with E-state index in [1.807, 2.05) is 26.8 Å². The average Bonchev–Trinajstić information content (AvgIpc) is 2.64. The Morgan fingerprint density at radius 3 is 2.71 bits per heavy atom. The summed E-state index contributed by atoms with van der Waals surface area (Å²) in [5.74, 6) is 0.0534. The predicted octanol–water partition coefficient (Wildman–Crippen LogP) is 1.10. The highest BCUT2D eigenvalue weighted by Gasteiger charge is 2.25. The molecule has 0 aromatic heterocycles. The minimum atomic E-state index is -0.377. The second-order valence-corrected chi connectivity index (χ2v) is 6.83. The second-order valence-electron chi connectivity index (χ2n) is 6.42. The molecule has 0 bridgehead atoms. The number of nitrogens with one attached hydrogen (secondary N) is 3. The molecular formula is C16H22N4O3S. The lowest BCUT2D eigenvalue weighted by molar-refractivity contribution is -0.124. The summed E-state index contributed by atoms with van der Waals surface area (Å²) in [7, 11) is 0. The van der Waals surface area contributed by atoms with Crippen LogP contribution in [0.5, 0.6) is 5.75 Å². The normalized spacial score (nSPS) is 14.1. The van der Waals surface area contributed by atoms with E-state index in [0.29, 0.717) is 23.2 Å². The summed E-state index contributed by atoms with van der Waals surface area (Å²) in [6.07, 6.45) is 0.222. The number of hydrogen-bond acceptors (Lipinski definition) is 4. The van der Waals surface area contributed by atoms with Crippen LogP contribution in [0, 0.1) is 0 Å². The fraction of sp³-hybridized carbons (Fsp3) is 0.438. The van der Waals surface area contributed by atoms with Crippen LogP contribution < -0.4 is 25.8 Å². The van der Waals surface area contributed by atoms with Gasteiger partial charge in [-0.15, -0.1) is 0 Å². The van der Waals surface area contributed by atoms with E-state index in [1.165, 1.54) is 4.90 Å². The molecule has 1 aliphatic rings. The van der Waals surface area contributed by atoms with Crippen LogP contribution in [0.3, 0.4) is 0 Å². The molecule has 0 spiro atoms. The number of hydrazine groups is 1. The highest BCUT2D eigenvalue weighted by atomic mass is 32.1. The molecule has 0 fully saturated rings. The number of amides is 2. The zero-order valence-electron chi connectivity index (χ0n) is 14.0. The van der Waals surface area contributed by atoms with Gasteiger partial charge in [-0.1, -0.05) is 12.1 Å². The molecule has 1 aliphatic heterocycles. The Balaban J connectivity index is 1.98. The van der Waals surface area contributed by atoms with Gasteiger partial charge in [0.1, 0.15) is 12.3 Å². The van der Waals surface area contributed by atoms with Crippen molar-refractivity contribution >= 4 is 34.8 Å². The van der Waals surface area contributed by atoms with Gasteiger partial charge in [-0.25, -0.2) is 0 Å². The molecule has 1 aromatic carbocycles. The lowest BCUT2D eigenvalue weighted by Gasteiger charge is -2.24. The molecule has 1 aromatic rings. The zero-order chi connectivity index (χ0) is 17.7. The number of fused-ring (bicyclic) bond motifs is 1. The van der Waals surface area contributed by atoms with Crippen molar-refractivity contribution in [2.24, 2.45) is 0 Å². The van der Waals surface area contributed by atoms with E-state index in [0.717, 1.165) is 0 Å². The highest BCUT2D eigenvalue weighted by molar-refractivity contribution is 7.80. The second kappa shape index (κ2) is 7.48. The van der Waals surface area contributed by atoms with Gasteiger partial charge in [0.25, 0.3) is 5.91 Å². The molecule has 7 nitrogen and oxygen atoms in total. The Bertz CT molecular complexity index is 642. The standard InChI is InChI=1S/C16H22N4O3S/c1-16(2,3)17-15(24)19-18-13(21)10-20-11-6-4-5-7-12(11)23-9-8-14(20)22/h4-7H,8-10H2,1-3H3,(H,18,21)(H2,17,19,24). The van der Waals surface area contributed by atoms with Crippen LogP contribution in [-0.4, -0.2) is 35.6 Å². The lowest BCUT2D eigenvalue weighted by atomic mass is 10.1.